The van der Waals surface area contributed by atoms with Gasteiger partial charge in [0.25, 0.3) is 0 Å². The summed E-state index contributed by atoms with van der Waals surface area (Å²) < 4.78 is 2.13. The molecule has 1 aromatic heterocycles. The van der Waals surface area contributed by atoms with Crippen molar-refractivity contribution in [3.63, 3.8) is 0 Å². The summed E-state index contributed by atoms with van der Waals surface area (Å²) >= 11 is 0. The zero-order valence-corrected chi connectivity index (χ0v) is 11.1. The van der Waals surface area contributed by atoms with Crippen LogP contribution in [0.4, 0.5) is 11.9 Å². The Morgan fingerprint density at radius 3 is 2.84 bits per heavy atom. The van der Waals surface area contributed by atoms with Gasteiger partial charge in [-0.15, -0.1) is 5.10 Å². The molecule has 0 spiro atoms. The number of nitrogens with zero attached hydrogens (tertiary/aromatic N) is 4. The van der Waals surface area contributed by atoms with Gasteiger partial charge in [0.2, 0.25) is 11.9 Å². The minimum absolute atomic E-state index is 0.515. The second-order valence-electron chi connectivity index (χ2n) is 5.62. The van der Waals surface area contributed by atoms with Crippen LogP contribution in [0, 0.1) is 5.92 Å². The van der Waals surface area contributed by atoms with Crippen molar-refractivity contribution >= 4 is 11.9 Å². The predicted octanol–water partition coefficient (Wildman–Crippen LogP) is -0.736. The molecule has 2 atom stereocenters. The van der Waals surface area contributed by atoms with E-state index < -0.39 is 0 Å². The van der Waals surface area contributed by atoms with Gasteiger partial charge in [-0.3, -0.25) is 0 Å². The van der Waals surface area contributed by atoms with Crippen LogP contribution in [0.2, 0.25) is 0 Å². The van der Waals surface area contributed by atoms with Crippen LogP contribution in [0.25, 0.3) is 0 Å². The van der Waals surface area contributed by atoms with E-state index in [9.17, 15) is 0 Å². The number of nitrogens with one attached hydrogen (secondary N) is 3. The summed E-state index contributed by atoms with van der Waals surface area (Å²) in [5, 5.41) is 15.0. The predicted molar refractivity (Wildman–Crippen MR) is 73.6 cm³/mol. The van der Waals surface area contributed by atoms with E-state index in [2.05, 4.69) is 30.5 Å². The molecule has 3 N–H and O–H groups in total. The Labute approximate surface area is 112 Å². The van der Waals surface area contributed by atoms with Crippen LogP contribution >= 0.6 is 0 Å². The lowest BCUT2D eigenvalue weighted by Crippen LogP contribution is -2.45. The SMILES string of the molecule is C1CN(c2nc3n(n2)C2CCNCC2CN3)CCN1. The fourth-order valence-corrected chi connectivity index (χ4v) is 3.32. The van der Waals surface area contributed by atoms with E-state index in [1.54, 1.807) is 0 Å². The molecule has 0 amide bonds. The maximum absolute atomic E-state index is 4.77. The van der Waals surface area contributed by atoms with Crippen LogP contribution in [-0.2, 0) is 0 Å². The average molecular weight is 263 g/mol. The summed E-state index contributed by atoms with van der Waals surface area (Å²) in [6.45, 7) is 7.22. The lowest BCUT2D eigenvalue weighted by Gasteiger charge is -2.36. The first-order valence-electron chi connectivity index (χ1n) is 7.28. The summed E-state index contributed by atoms with van der Waals surface area (Å²) in [7, 11) is 0. The van der Waals surface area contributed by atoms with E-state index in [-0.39, 0.29) is 0 Å². The second-order valence-corrected chi connectivity index (χ2v) is 5.62. The van der Waals surface area contributed by atoms with Crippen LogP contribution < -0.4 is 20.9 Å². The van der Waals surface area contributed by atoms with Gasteiger partial charge in [-0.25, -0.2) is 4.68 Å². The molecule has 2 fully saturated rings. The average Bonchev–Trinajstić information content (AvgIpc) is 2.93. The Morgan fingerprint density at radius 2 is 1.95 bits per heavy atom. The highest BCUT2D eigenvalue weighted by molar-refractivity contribution is 5.40. The van der Waals surface area contributed by atoms with Crippen molar-refractivity contribution in [2.24, 2.45) is 5.92 Å². The topological polar surface area (TPSA) is 70.0 Å². The molecule has 0 bridgehead atoms. The Balaban J connectivity index is 1.61. The van der Waals surface area contributed by atoms with Gasteiger partial charge in [-0.1, -0.05) is 0 Å². The molecular weight excluding hydrogens is 242 g/mol. The molecule has 3 aliphatic heterocycles. The molecule has 2 saturated heterocycles. The molecule has 0 radical (unpaired) electrons. The maximum Gasteiger partial charge on any atom is 0.246 e. The quantitative estimate of drug-likeness (QED) is 0.620. The summed E-state index contributed by atoms with van der Waals surface area (Å²) in [6.07, 6.45) is 1.16. The van der Waals surface area contributed by atoms with Crippen LogP contribution in [-0.4, -0.2) is 60.6 Å². The number of aromatic nitrogens is 3. The molecule has 4 rings (SSSR count). The third-order valence-corrected chi connectivity index (χ3v) is 4.42. The number of hydrogen-bond acceptors (Lipinski definition) is 6. The van der Waals surface area contributed by atoms with Gasteiger partial charge in [0, 0.05) is 45.2 Å². The van der Waals surface area contributed by atoms with Crippen molar-refractivity contribution in [3.8, 4) is 0 Å². The summed E-state index contributed by atoms with van der Waals surface area (Å²) in [5.41, 5.74) is 0. The van der Waals surface area contributed by atoms with Crippen LogP contribution in [0.15, 0.2) is 0 Å². The molecular formula is C12H21N7. The zero-order chi connectivity index (χ0) is 12.7. The first-order chi connectivity index (χ1) is 9.42. The Morgan fingerprint density at radius 1 is 1.05 bits per heavy atom. The molecule has 2 unspecified atom stereocenters. The Bertz CT molecular complexity index is 451. The van der Waals surface area contributed by atoms with Crippen LogP contribution in [0.3, 0.4) is 0 Å². The minimum Gasteiger partial charge on any atom is -0.354 e. The van der Waals surface area contributed by atoms with Gasteiger partial charge in [0.1, 0.15) is 0 Å². The van der Waals surface area contributed by atoms with Crippen molar-refractivity contribution in [3.05, 3.63) is 0 Å². The van der Waals surface area contributed by atoms with E-state index in [4.69, 9.17) is 5.10 Å². The highest BCUT2D eigenvalue weighted by Gasteiger charge is 2.34. The lowest BCUT2D eigenvalue weighted by molar-refractivity contribution is 0.237. The van der Waals surface area contributed by atoms with E-state index in [1.165, 1.54) is 0 Å². The molecule has 1 aromatic rings. The van der Waals surface area contributed by atoms with E-state index >= 15 is 0 Å². The standard InChI is InChI=1S/C12H21N7/c1-2-14-7-9-8-15-11-16-12(17-19(11)10(1)9)18-5-3-13-4-6-18/h9-10,13-14H,1-8H2,(H,15,16,17). The summed E-state index contributed by atoms with van der Waals surface area (Å²) in [6, 6.07) is 0.515. The molecule has 3 aliphatic rings. The second kappa shape index (κ2) is 4.64. The van der Waals surface area contributed by atoms with Gasteiger partial charge in [0.15, 0.2) is 0 Å². The normalized spacial score (nSPS) is 30.4. The molecule has 0 aromatic carbocycles. The molecule has 0 saturated carbocycles. The Hall–Kier alpha value is -1.34. The van der Waals surface area contributed by atoms with Gasteiger partial charge < -0.3 is 20.9 Å². The molecule has 4 heterocycles. The number of rotatable bonds is 1. The lowest BCUT2D eigenvalue weighted by atomic mass is 9.92. The van der Waals surface area contributed by atoms with E-state index in [0.717, 1.165) is 64.1 Å². The van der Waals surface area contributed by atoms with Gasteiger partial charge in [-0.2, -0.15) is 4.98 Å². The number of fused-ring (bicyclic) bond motifs is 3. The van der Waals surface area contributed by atoms with Crippen LogP contribution in [0.5, 0.6) is 0 Å². The number of hydrogen-bond donors (Lipinski definition) is 3. The van der Waals surface area contributed by atoms with Crippen molar-refractivity contribution in [1.82, 2.24) is 25.4 Å². The third kappa shape index (κ3) is 1.97. The van der Waals surface area contributed by atoms with Crippen molar-refractivity contribution in [1.29, 1.82) is 0 Å². The van der Waals surface area contributed by atoms with Crippen molar-refractivity contribution < 1.29 is 0 Å². The van der Waals surface area contributed by atoms with Crippen molar-refractivity contribution in [2.75, 3.05) is 56.0 Å². The van der Waals surface area contributed by atoms with E-state index in [0.29, 0.717) is 12.0 Å². The molecule has 0 aliphatic carbocycles. The third-order valence-electron chi connectivity index (χ3n) is 4.42. The van der Waals surface area contributed by atoms with Gasteiger partial charge in [-0.05, 0) is 13.0 Å². The zero-order valence-electron chi connectivity index (χ0n) is 11.1. The highest BCUT2D eigenvalue weighted by atomic mass is 15.5. The number of piperidine rings is 1. The maximum atomic E-state index is 4.77. The van der Waals surface area contributed by atoms with E-state index in [1.807, 2.05) is 0 Å². The first-order valence-corrected chi connectivity index (χ1v) is 7.28. The molecule has 19 heavy (non-hydrogen) atoms. The van der Waals surface area contributed by atoms with Crippen molar-refractivity contribution in [2.45, 2.75) is 12.5 Å². The number of piperazine rings is 1. The fraction of sp³-hybridized carbons (Fsp3) is 0.833. The monoisotopic (exact) mass is 263 g/mol. The minimum atomic E-state index is 0.515. The molecule has 104 valence electrons. The number of anilines is 2. The first kappa shape index (κ1) is 11.5. The molecule has 7 nitrogen and oxygen atoms in total. The summed E-state index contributed by atoms with van der Waals surface area (Å²) in [4.78, 5) is 6.96. The summed E-state index contributed by atoms with van der Waals surface area (Å²) in [5.74, 6) is 2.48. The Kier molecular flexibility index (Phi) is 2.81. The fourth-order valence-electron chi connectivity index (χ4n) is 3.32. The van der Waals surface area contributed by atoms with Gasteiger partial charge >= 0.3 is 0 Å². The molecule has 7 heteroatoms. The highest BCUT2D eigenvalue weighted by Crippen LogP contribution is 2.32. The largest absolute Gasteiger partial charge is 0.354 e. The van der Waals surface area contributed by atoms with Crippen LogP contribution in [0.1, 0.15) is 12.5 Å². The smallest absolute Gasteiger partial charge is 0.246 e. The van der Waals surface area contributed by atoms with Gasteiger partial charge in [0.05, 0.1) is 6.04 Å².